The maximum Gasteiger partial charge on any atom is 0.193 e. The molecule has 29 heavy (non-hydrogen) atoms. The molecule has 1 atom stereocenters. The van der Waals surface area contributed by atoms with Crippen LogP contribution in [0.4, 0.5) is 0 Å². The van der Waals surface area contributed by atoms with Crippen molar-refractivity contribution in [2.75, 3.05) is 66.7 Å². The smallest absolute Gasteiger partial charge is 0.193 e. The fraction of sp³-hybridized carbons (Fsp3) is 0.952. The molecule has 0 aromatic rings. The number of likely N-dealkylation sites (tertiary alicyclic amines) is 1. The van der Waals surface area contributed by atoms with Crippen LogP contribution in [0.15, 0.2) is 4.99 Å². The molecule has 0 bridgehead atoms. The van der Waals surface area contributed by atoms with Crippen molar-refractivity contribution in [3.8, 4) is 0 Å². The summed E-state index contributed by atoms with van der Waals surface area (Å²) in [6, 6.07) is 0.764. The lowest BCUT2D eigenvalue weighted by molar-refractivity contribution is -0.0721. The summed E-state index contributed by atoms with van der Waals surface area (Å²) in [6.07, 6.45) is 9.09. The number of nitrogens with zero attached hydrogens (tertiary/aromatic N) is 3. The molecule has 3 aliphatic rings. The third-order valence-corrected chi connectivity index (χ3v) is 6.07. The van der Waals surface area contributed by atoms with Gasteiger partial charge in [0, 0.05) is 59.5 Å². The second kappa shape index (κ2) is 14.0. The minimum absolute atomic E-state index is 0. The molecule has 0 radical (unpaired) electrons. The summed E-state index contributed by atoms with van der Waals surface area (Å²) in [5, 5.41) is 3.56. The van der Waals surface area contributed by atoms with Crippen LogP contribution in [0.3, 0.4) is 0 Å². The van der Waals surface area contributed by atoms with Crippen LogP contribution in [0.25, 0.3) is 0 Å². The standard InChI is InChI=1S/C21H40N4O3.HI/c1-22-21(23-10-13-24(14-16-26-2)18-6-7-18)25-11-8-19(9-12-25)28-17-20-5-3-4-15-27-20;/h18-20H,3-17H2,1-2H3,(H,22,23);1H. The first-order valence-corrected chi connectivity index (χ1v) is 11.2. The van der Waals surface area contributed by atoms with E-state index in [1.54, 1.807) is 7.11 Å². The van der Waals surface area contributed by atoms with Crippen molar-refractivity contribution in [3.63, 3.8) is 0 Å². The summed E-state index contributed by atoms with van der Waals surface area (Å²) in [5.74, 6) is 1.02. The number of hydrogen-bond donors (Lipinski definition) is 1. The van der Waals surface area contributed by atoms with Crippen molar-refractivity contribution < 1.29 is 14.2 Å². The van der Waals surface area contributed by atoms with Crippen molar-refractivity contribution in [1.29, 1.82) is 0 Å². The summed E-state index contributed by atoms with van der Waals surface area (Å²) >= 11 is 0. The largest absolute Gasteiger partial charge is 0.383 e. The van der Waals surface area contributed by atoms with Crippen molar-refractivity contribution in [2.45, 2.75) is 63.2 Å². The summed E-state index contributed by atoms with van der Waals surface area (Å²) in [5.41, 5.74) is 0. The molecule has 1 saturated carbocycles. The molecular formula is C21H41IN4O3. The van der Waals surface area contributed by atoms with Crippen LogP contribution in [0, 0.1) is 0 Å². The van der Waals surface area contributed by atoms with E-state index in [4.69, 9.17) is 14.2 Å². The maximum absolute atomic E-state index is 6.14. The Morgan fingerprint density at radius 3 is 2.55 bits per heavy atom. The Hall–Kier alpha value is -0.160. The molecule has 2 aliphatic heterocycles. The summed E-state index contributed by atoms with van der Waals surface area (Å²) in [4.78, 5) is 9.41. The zero-order valence-electron chi connectivity index (χ0n) is 18.3. The molecule has 2 saturated heterocycles. The Morgan fingerprint density at radius 1 is 1.14 bits per heavy atom. The lowest BCUT2D eigenvalue weighted by Gasteiger charge is -2.35. The average Bonchev–Trinajstić information content (AvgIpc) is 3.58. The van der Waals surface area contributed by atoms with Gasteiger partial charge >= 0.3 is 0 Å². The fourth-order valence-electron chi connectivity index (χ4n) is 4.19. The highest BCUT2D eigenvalue weighted by Crippen LogP contribution is 2.26. The lowest BCUT2D eigenvalue weighted by atomic mass is 10.1. The minimum Gasteiger partial charge on any atom is -0.383 e. The van der Waals surface area contributed by atoms with Gasteiger partial charge in [0.25, 0.3) is 0 Å². The molecule has 1 aliphatic carbocycles. The predicted molar refractivity (Wildman–Crippen MR) is 127 cm³/mol. The molecule has 170 valence electrons. The topological polar surface area (TPSA) is 58.6 Å². The number of piperidine rings is 1. The number of halogens is 1. The first-order valence-electron chi connectivity index (χ1n) is 11.2. The van der Waals surface area contributed by atoms with Gasteiger partial charge in [-0.3, -0.25) is 9.89 Å². The Morgan fingerprint density at radius 2 is 1.93 bits per heavy atom. The van der Waals surface area contributed by atoms with Gasteiger partial charge in [-0.05, 0) is 44.9 Å². The van der Waals surface area contributed by atoms with Crippen LogP contribution in [0.5, 0.6) is 0 Å². The van der Waals surface area contributed by atoms with Crippen LogP contribution in [0.1, 0.15) is 44.9 Å². The third-order valence-electron chi connectivity index (χ3n) is 6.07. The molecule has 3 rings (SSSR count). The van der Waals surface area contributed by atoms with Gasteiger partial charge < -0.3 is 24.4 Å². The van der Waals surface area contributed by atoms with Gasteiger partial charge in [0.2, 0.25) is 0 Å². The minimum atomic E-state index is 0. The van der Waals surface area contributed by atoms with E-state index in [1.807, 2.05) is 7.05 Å². The number of guanidine groups is 1. The molecular weight excluding hydrogens is 483 g/mol. The van der Waals surface area contributed by atoms with Gasteiger partial charge in [0.1, 0.15) is 0 Å². The van der Waals surface area contributed by atoms with Crippen LogP contribution in [-0.2, 0) is 14.2 Å². The van der Waals surface area contributed by atoms with Crippen molar-refractivity contribution >= 4 is 29.9 Å². The lowest BCUT2D eigenvalue weighted by Crippen LogP contribution is -2.49. The average molecular weight is 524 g/mol. The van der Waals surface area contributed by atoms with E-state index in [-0.39, 0.29) is 24.0 Å². The van der Waals surface area contributed by atoms with Gasteiger partial charge in [-0.2, -0.15) is 0 Å². The number of nitrogens with one attached hydrogen (secondary N) is 1. The summed E-state index contributed by atoms with van der Waals surface area (Å²) in [6.45, 7) is 7.49. The highest BCUT2D eigenvalue weighted by atomic mass is 127. The fourth-order valence-corrected chi connectivity index (χ4v) is 4.19. The van der Waals surface area contributed by atoms with Crippen LogP contribution < -0.4 is 5.32 Å². The Bertz CT molecular complexity index is 465. The summed E-state index contributed by atoms with van der Waals surface area (Å²) in [7, 11) is 3.66. The van der Waals surface area contributed by atoms with Gasteiger partial charge in [-0.1, -0.05) is 0 Å². The molecule has 3 fully saturated rings. The Balaban J connectivity index is 0.00000300. The number of ether oxygens (including phenoxy) is 3. The molecule has 7 nitrogen and oxygen atoms in total. The van der Waals surface area contributed by atoms with Crippen molar-refractivity contribution in [1.82, 2.24) is 15.1 Å². The predicted octanol–water partition coefficient (Wildman–Crippen LogP) is 2.34. The molecule has 0 aromatic heterocycles. The molecule has 1 unspecified atom stereocenters. The van der Waals surface area contributed by atoms with E-state index >= 15 is 0 Å². The van der Waals surface area contributed by atoms with Crippen LogP contribution in [0.2, 0.25) is 0 Å². The van der Waals surface area contributed by atoms with E-state index < -0.39 is 0 Å². The number of rotatable bonds is 10. The molecule has 2 heterocycles. The summed E-state index contributed by atoms with van der Waals surface area (Å²) < 4.78 is 17.2. The Kier molecular flexibility index (Phi) is 12.1. The van der Waals surface area contributed by atoms with E-state index in [0.717, 1.165) is 83.8 Å². The number of methoxy groups -OCH3 is 1. The molecule has 0 aromatic carbocycles. The van der Waals surface area contributed by atoms with Crippen molar-refractivity contribution in [2.24, 2.45) is 4.99 Å². The number of aliphatic imine (C=N–C) groups is 1. The normalized spacial score (nSPS) is 23.9. The molecule has 0 spiro atoms. The quantitative estimate of drug-likeness (QED) is 0.269. The zero-order chi connectivity index (χ0) is 19.6. The van der Waals surface area contributed by atoms with E-state index in [1.165, 1.54) is 25.7 Å². The first kappa shape index (κ1) is 25.1. The monoisotopic (exact) mass is 524 g/mol. The van der Waals surface area contributed by atoms with E-state index in [0.29, 0.717) is 12.2 Å². The number of hydrogen-bond acceptors (Lipinski definition) is 5. The zero-order valence-corrected chi connectivity index (χ0v) is 20.6. The van der Waals surface area contributed by atoms with Crippen LogP contribution in [-0.4, -0.2) is 101 Å². The maximum atomic E-state index is 6.14. The van der Waals surface area contributed by atoms with E-state index in [2.05, 4.69) is 20.1 Å². The van der Waals surface area contributed by atoms with Gasteiger partial charge in [-0.25, -0.2) is 0 Å². The SMILES string of the molecule is CN=C(NCCN(CCOC)C1CC1)N1CCC(OCC2CCCCO2)CC1.I. The van der Waals surface area contributed by atoms with Crippen LogP contribution >= 0.6 is 24.0 Å². The molecule has 0 amide bonds. The molecule has 1 N–H and O–H groups in total. The Labute approximate surface area is 193 Å². The third kappa shape index (κ3) is 8.85. The highest BCUT2D eigenvalue weighted by molar-refractivity contribution is 14.0. The second-order valence-corrected chi connectivity index (χ2v) is 8.24. The van der Waals surface area contributed by atoms with E-state index in [9.17, 15) is 0 Å². The first-order chi connectivity index (χ1) is 13.8. The van der Waals surface area contributed by atoms with Gasteiger partial charge in [0.15, 0.2) is 5.96 Å². The highest BCUT2D eigenvalue weighted by Gasteiger charge is 2.28. The van der Waals surface area contributed by atoms with Gasteiger partial charge in [-0.15, -0.1) is 24.0 Å². The molecule has 8 heteroatoms. The van der Waals surface area contributed by atoms with Crippen molar-refractivity contribution in [3.05, 3.63) is 0 Å². The van der Waals surface area contributed by atoms with Gasteiger partial charge in [0.05, 0.1) is 25.4 Å². The second-order valence-electron chi connectivity index (χ2n) is 8.24.